The van der Waals surface area contributed by atoms with E-state index in [1.165, 1.54) is 25.1 Å². The molecule has 0 bridgehead atoms. The molecular weight excluding hydrogens is 234 g/mol. The maximum Gasteiger partial charge on any atom is 0.429 e. The number of halogens is 1. The highest BCUT2D eigenvalue weighted by Gasteiger charge is 2.12. The third-order valence-corrected chi connectivity index (χ3v) is 2.33. The average molecular weight is 240 g/mol. The third kappa shape index (κ3) is 1.55. The molecule has 5 nitrogen and oxygen atoms in total. The molecule has 16 heavy (non-hydrogen) atoms. The lowest BCUT2D eigenvalue weighted by atomic mass is 10.2. The van der Waals surface area contributed by atoms with Crippen molar-refractivity contribution in [3.8, 4) is 0 Å². The molecule has 0 radical (unpaired) electrons. The standard InChI is InChI=1S/C10H6ClNO4/c1-5(13)12-8-3-2-6(11)4-7(8)9(14)16-10(12)15/h2-4H,1H3. The van der Waals surface area contributed by atoms with Gasteiger partial charge in [0, 0.05) is 11.9 Å². The molecule has 0 saturated heterocycles. The number of hydrogen-bond donors (Lipinski definition) is 0. The minimum atomic E-state index is -0.993. The zero-order chi connectivity index (χ0) is 11.9. The summed E-state index contributed by atoms with van der Waals surface area (Å²) >= 11 is 5.71. The van der Waals surface area contributed by atoms with Crippen LogP contribution in [-0.4, -0.2) is 10.5 Å². The molecule has 1 aromatic carbocycles. The number of rotatable bonds is 0. The summed E-state index contributed by atoms with van der Waals surface area (Å²) in [7, 11) is 0. The smallest absolute Gasteiger partial charge is 0.372 e. The Kier molecular flexibility index (Phi) is 2.40. The summed E-state index contributed by atoms with van der Waals surface area (Å²) in [6.45, 7) is 1.20. The van der Waals surface area contributed by atoms with Crippen LogP contribution in [0.4, 0.5) is 0 Å². The Balaban J connectivity index is 3.08. The number of nitrogens with zero attached hydrogens (tertiary/aromatic N) is 1. The molecule has 82 valence electrons. The van der Waals surface area contributed by atoms with Crippen molar-refractivity contribution < 1.29 is 9.21 Å². The van der Waals surface area contributed by atoms with Crippen LogP contribution in [0.2, 0.25) is 5.02 Å². The van der Waals surface area contributed by atoms with Gasteiger partial charge in [-0.15, -0.1) is 0 Å². The van der Waals surface area contributed by atoms with Crippen LogP contribution >= 0.6 is 11.6 Å². The molecule has 0 aliphatic heterocycles. The van der Waals surface area contributed by atoms with E-state index < -0.39 is 17.3 Å². The van der Waals surface area contributed by atoms with Gasteiger partial charge in [0.05, 0.1) is 10.9 Å². The summed E-state index contributed by atoms with van der Waals surface area (Å²) in [5.41, 5.74) is -0.613. The van der Waals surface area contributed by atoms with Crippen LogP contribution in [0.15, 0.2) is 32.2 Å². The number of fused-ring (bicyclic) bond motifs is 1. The molecule has 0 aliphatic carbocycles. The number of aromatic nitrogens is 1. The van der Waals surface area contributed by atoms with E-state index >= 15 is 0 Å². The van der Waals surface area contributed by atoms with E-state index in [4.69, 9.17) is 11.6 Å². The van der Waals surface area contributed by atoms with Crippen molar-refractivity contribution in [2.24, 2.45) is 0 Å². The van der Waals surface area contributed by atoms with Crippen molar-refractivity contribution in [2.45, 2.75) is 6.92 Å². The van der Waals surface area contributed by atoms with Crippen LogP contribution in [0.5, 0.6) is 0 Å². The topological polar surface area (TPSA) is 69.3 Å². The van der Waals surface area contributed by atoms with Crippen LogP contribution in [0.25, 0.3) is 10.9 Å². The van der Waals surface area contributed by atoms with Gasteiger partial charge in [-0.2, -0.15) is 0 Å². The van der Waals surface area contributed by atoms with Gasteiger partial charge in [0.1, 0.15) is 0 Å². The fourth-order valence-corrected chi connectivity index (χ4v) is 1.62. The van der Waals surface area contributed by atoms with E-state index in [0.717, 1.165) is 4.57 Å². The average Bonchev–Trinajstić information content (AvgIpc) is 2.18. The molecule has 0 saturated carbocycles. The molecule has 1 heterocycles. The molecule has 0 atom stereocenters. The van der Waals surface area contributed by atoms with Crippen LogP contribution in [0.1, 0.15) is 11.7 Å². The number of carbonyl (C=O) groups is 1. The zero-order valence-corrected chi connectivity index (χ0v) is 8.95. The first-order chi connectivity index (χ1) is 7.50. The molecule has 0 N–H and O–H groups in total. The first-order valence-corrected chi connectivity index (χ1v) is 4.75. The van der Waals surface area contributed by atoms with Gasteiger partial charge >= 0.3 is 11.4 Å². The van der Waals surface area contributed by atoms with Crippen LogP contribution < -0.4 is 11.4 Å². The first kappa shape index (κ1) is 10.6. The van der Waals surface area contributed by atoms with Gasteiger partial charge in [-0.3, -0.25) is 4.79 Å². The highest BCUT2D eigenvalue weighted by atomic mass is 35.5. The van der Waals surface area contributed by atoms with E-state index in [1.54, 1.807) is 0 Å². The number of benzene rings is 1. The van der Waals surface area contributed by atoms with E-state index in [-0.39, 0.29) is 10.9 Å². The van der Waals surface area contributed by atoms with Gasteiger partial charge in [-0.05, 0) is 18.2 Å². The van der Waals surface area contributed by atoms with Crippen molar-refractivity contribution in [2.75, 3.05) is 0 Å². The first-order valence-electron chi connectivity index (χ1n) is 4.37. The summed E-state index contributed by atoms with van der Waals surface area (Å²) < 4.78 is 5.19. The Labute approximate surface area is 93.9 Å². The summed E-state index contributed by atoms with van der Waals surface area (Å²) in [6.07, 6.45) is 0. The Morgan fingerprint density at radius 2 is 2.06 bits per heavy atom. The molecule has 2 aromatic rings. The normalized spacial score (nSPS) is 10.6. The van der Waals surface area contributed by atoms with E-state index in [0.29, 0.717) is 5.02 Å². The molecule has 0 aliphatic rings. The fraction of sp³-hybridized carbons (Fsp3) is 0.100. The lowest BCUT2D eigenvalue weighted by Gasteiger charge is -2.03. The monoisotopic (exact) mass is 239 g/mol. The molecule has 0 amide bonds. The lowest BCUT2D eigenvalue weighted by molar-refractivity contribution is 0.0927. The maximum absolute atomic E-state index is 11.4. The largest absolute Gasteiger partial charge is 0.429 e. The van der Waals surface area contributed by atoms with Crippen LogP contribution in [0, 0.1) is 0 Å². The molecule has 0 spiro atoms. The van der Waals surface area contributed by atoms with Crippen LogP contribution in [0.3, 0.4) is 0 Å². The maximum atomic E-state index is 11.4. The van der Waals surface area contributed by atoms with Crippen molar-refractivity contribution in [3.05, 3.63) is 44.2 Å². The zero-order valence-electron chi connectivity index (χ0n) is 8.19. The second-order valence-corrected chi connectivity index (χ2v) is 3.61. The van der Waals surface area contributed by atoms with Crippen molar-refractivity contribution in [1.82, 2.24) is 4.57 Å². The lowest BCUT2D eigenvalue weighted by Crippen LogP contribution is -2.28. The Bertz CT molecular complexity index is 698. The van der Waals surface area contributed by atoms with Crippen molar-refractivity contribution >= 4 is 28.4 Å². The van der Waals surface area contributed by atoms with Gasteiger partial charge in [-0.25, -0.2) is 14.2 Å². The van der Waals surface area contributed by atoms with Gasteiger partial charge in [0.15, 0.2) is 0 Å². The van der Waals surface area contributed by atoms with Crippen LogP contribution in [-0.2, 0) is 0 Å². The van der Waals surface area contributed by atoms with Crippen molar-refractivity contribution in [3.63, 3.8) is 0 Å². The highest BCUT2D eigenvalue weighted by molar-refractivity contribution is 6.31. The molecule has 1 aromatic heterocycles. The molecule has 2 rings (SSSR count). The van der Waals surface area contributed by atoms with Gasteiger partial charge in [0.25, 0.3) is 0 Å². The SMILES string of the molecule is CC(=O)n1c(=O)oc(=O)c2cc(Cl)ccc21. The quantitative estimate of drug-likeness (QED) is 0.694. The third-order valence-electron chi connectivity index (χ3n) is 2.10. The minimum Gasteiger partial charge on any atom is -0.372 e. The highest BCUT2D eigenvalue weighted by Crippen LogP contribution is 2.15. The molecule has 6 heteroatoms. The Hall–Kier alpha value is -1.88. The van der Waals surface area contributed by atoms with E-state index in [9.17, 15) is 14.4 Å². The molecule has 0 unspecified atom stereocenters. The predicted molar refractivity (Wildman–Crippen MR) is 58.1 cm³/mol. The summed E-state index contributed by atoms with van der Waals surface area (Å²) in [5.74, 6) is -1.52. The van der Waals surface area contributed by atoms with Crippen molar-refractivity contribution in [1.29, 1.82) is 0 Å². The second kappa shape index (κ2) is 3.61. The molecule has 0 fully saturated rings. The Morgan fingerprint density at radius 1 is 1.38 bits per heavy atom. The number of hydrogen-bond acceptors (Lipinski definition) is 4. The summed E-state index contributed by atoms with van der Waals surface area (Å²) in [4.78, 5) is 33.9. The van der Waals surface area contributed by atoms with Gasteiger partial charge in [-0.1, -0.05) is 11.6 Å². The Morgan fingerprint density at radius 3 is 2.69 bits per heavy atom. The van der Waals surface area contributed by atoms with Gasteiger partial charge < -0.3 is 4.42 Å². The molecular formula is C10H6ClNO4. The number of carbonyl (C=O) groups excluding carboxylic acids is 1. The van der Waals surface area contributed by atoms with E-state index in [2.05, 4.69) is 4.42 Å². The van der Waals surface area contributed by atoms with Gasteiger partial charge in [0.2, 0.25) is 5.91 Å². The minimum absolute atomic E-state index is 0.0994. The summed E-state index contributed by atoms with van der Waals surface area (Å²) in [5, 5.41) is 0.427. The predicted octanol–water partition coefficient (Wildman–Crippen LogP) is 1.27. The van der Waals surface area contributed by atoms with E-state index in [1.807, 2.05) is 0 Å². The summed E-state index contributed by atoms with van der Waals surface area (Å²) in [6, 6.07) is 4.27. The fourth-order valence-electron chi connectivity index (χ4n) is 1.44. The second-order valence-electron chi connectivity index (χ2n) is 3.17.